The van der Waals surface area contributed by atoms with Crippen LogP contribution in [0.1, 0.15) is 56.5 Å². The third-order valence-electron chi connectivity index (χ3n) is 3.19. The van der Waals surface area contributed by atoms with E-state index in [-0.39, 0.29) is 11.9 Å². The number of ether oxygens (including phenoxy) is 1. The molecule has 0 fully saturated rings. The Bertz CT molecular complexity index is 494. The van der Waals surface area contributed by atoms with E-state index < -0.39 is 0 Å². The molecule has 0 saturated heterocycles. The highest BCUT2D eigenvalue weighted by Crippen LogP contribution is 2.33. The quantitative estimate of drug-likeness (QED) is 0.629. The van der Waals surface area contributed by atoms with Gasteiger partial charge in [0.25, 0.3) is 0 Å². The summed E-state index contributed by atoms with van der Waals surface area (Å²) >= 11 is 6.91. The highest BCUT2D eigenvalue weighted by Gasteiger charge is 2.23. The molecule has 0 saturated carbocycles. The molecule has 1 aromatic rings. The van der Waals surface area contributed by atoms with Gasteiger partial charge < -0.3 is 15.0 Å². The summed E-state index contributed by atoms with van der Waals surface area (Å²) in [7, 11) is 0. The Morgan fingerprint density at radius 2 is 2.00 bits per heavy atom. The molecule has 1 rings (SSSR count). The van der Waals surface area contributed by atoms with Crippen LogP contribution in [-0.2, 0) is 4.74 Å². The van der Waals surface area contributed by atoms with Crippen LogP contribution in [-0.4, -0.2) is 35.7 Å². The highest BCUT2D eigenvalue weighted by molar-refractivity contribution is 7.80. The second-order valence-corrected chi connectivity index (χ2v) is 6.14. The Morgan fingerprint density at radius 1 is 1.38 bits per heavy atom. The third-order valence-corrected chi connectivity index (χ3v) is 4.47. The number of hydrogen-bond acceptors (Lipinski definition) is 4. The van der Waals surface area contributed by atoms with Crippen LogP contribution in [0.5, 0.6) is 0 Å². The molecule has 0 aliphatic carbocycles. The van der Waals surface area contributed by atoms with Crippen molar-refractivity contribution in [1.82, 2.24) is 4.90 Å². The number of nitrogens with one attached hydrogen (secondary N) is 1. The molecule has 0 aliphatic heterocycles. The van der Waals surface area contributed by atoms with E-state index in [1.165, 1.54) is 11.3 Å². The fourth-order valence-corrected chi connectivity index (χ4v) is 3.52. The summed E-state index contributed by atoms with van der Waals surface area (Å²) in [5, 5.41) is 6.62. The summed E-state index contributed by atoms with van der Waals surface area (Å²) < 4.78 is 5.18. The van der Waals surface area contributed by atoms with Crippen LogP contribution in [0.15, 0.2) is 5.38 Å². The van der Waals surface area contributed by atoms with Gasteiger partial charge in [-0.2, -0.15) is 0 Å². The smallest absolute Gasteiger partial charge is 0.341 e. The van der Waals surface area contributed by atoms with Crippen LogP contribution >= 0.6 is 23.6 Å². The first kappa shape index (κ1) is 17.9. The molecule has 0 amide bonds. The van der Waals surface area contributed by atoms with Crippen LogP contribution < -0.4 is 5.32 Å². The molecular formula is C15H24N2O2S2. The molecule has 1 N–H and O–H groups in total. The van der Waals surface area contributed by atoms with E-state index in [1.54, 1.807) is 0 Å². The van der Waals surface area contributed by atoms with Crippen molar-refractivity contribution in [3.05, 3.63) is 16.5 Å². The number of carbonyl (C=O) groups is 1. The number of hydrogen-bond donors (Lipinski definition) is 1. The second-order valence-electron chi connectivity index (χ2n) is 4.87. The summed E-state index contributed by atoms with van der Waals surface area (Å²) in [5.41, 5.74) is 1.62. The lowest BCUT2D eigenvalue weighted by atomic mass is 10.0. The molecule has 21 heavy (non-hydrogen) atoms. The number of thiophene rings is 1. The fraction of sp³-hybridized carbons (Fsp3) is 0.600. The zero-order chi connectivity index (χ0) is 16.0. The summed E-state index contributed by atoms with van der Waals surface area (Å²) in [6.07, 6.45) is 0. The first-order valence-corrected chi connectivity index (χ1v) is 8.59. The van der Waals surface area contributed by atoms with Crippen LogP contribution in [0.3, 0.4) is 0 Å². The first-order valence-electron chi connectivity index (χ1n) is 7.30. The van der Waals surface area contributed by atoms with E-state index in [0.29, 0.717) is 17.3 Å². The fourth-order valence-electron chi connectivity index (χ4n) is 1.99. The molecule has 118 valence electrons. The second kappa shape index (κ2) is 8.34. The first-order chi connectivity index (χ1) is 9.96. The maximum atomic E-state index is 12.2. The minimum absolute atomic E-state index is 0.262. The summed E-state index contributed by atoms with van der Waals surface area (Å²) in [6.45, 7) is 12.1. The Hall–Kier alpha value is -1.14. The number of nitrogens with zero attached hydrogens (tertiary/aromatic N) is 1. The topological polar surface area (TPSA) is 41.6 Å². The monoisotopic (exact) mass is 328 g/mol. The van der Waals surface area contributed by atoms with E-state index >= 15 is 0 Å². The van der Waals surface area contributed by atoms with Gasteiger partial charge in [0.15, 0.2) is 5.11 Å². The van der Waals surface area contributed by atoms with Gasteiger partial charge in [-0.1, -0.05) is 13.8 Å². The van der Waals surface area contributed by atoms with Gasteiger partial charge in [0.2, 0.25) is 0 Å². The average molecular weight is 329 g/mol. The van der Waals surface area contributed by atoms with Gasteiger partial charge in [0.05, 0.1) is 12.2 Å². The molecule has 0 aromatic carbocycles. The molecule has 4 nitrogen and oxygen atoms in total. The van der Waals surface area contributed by atoms with Crippen molar-refractivity contribution in [2.75, 3.05) is 25.0 Å². The maximum Gasteiger partial charge on any atom is 0.341 e. The highest BCUT2D eigenvalue weighted by atomic mass is 32.1. The summed E-state index contributed by atoms with van der Waals surface area (Å²) in [4.78, 5) is 14.3. The van der Waals surface area contributed by atoms with Crippen LogP contribution in [0, 0.1) is 0 Å². The largest absolute Gasteiger partial charge is 0.462 e. The number of rotatable bonds is 6. The molecule has 1 heterocycles. The van der Waals surface area contributed by atoms with Crippen LogP contribution in [0.2, 0.25) is 0 Å². The normalized spacial score (nSPS) is 10.6. The van der Waals surface area contributed by atoms with E-state index in [0.717, 1.165) is 23.7 Å². The molecule has 0 aliphatic rings. The molecule has 0 atom stereocenters. The predicted octanol–water partition coefficient (Wildman–Crippen LogP) is 4.09. The third kappa shape index (κ3) is 4.41. The van der Waals surface area contributed by atoms with E-state index in [1.807, 2.05) is 17.2 Å². The van der Waals surface area contributed by atoms with Gasteiger partial charge in [-0.25, -0.2) is 4.79 Å². The molecule has 0 radical (unpaired) electrons. The van der Waals surface area contributed by atoms with E-state index in [4.69, 9.17) is 17.0 Å². The van der Waals surface area contributed by atoms with Gasteiger partial charge in [-0.05, 0) is 49.9 Å². The van der Waals surface area contributed by atoms with Crippen molar-refractivity contribution < 1.29 is 9.53 Å². The lowest BCUT2D eigenvalue weighted by Gasteiger charge is -2.22. The zero-order valence-corrected chi connectivity index (χ0v) is 15.0. The van der Waals surface area contributed by atoms with Crippen molar-refractivity contribution in [2.45, 2.75) is 40.5 Å². The van der Waals surface area contributed by atoms with Crippen molar-refractivity contribution in [3.63, 3.8) is 0 Å². The van der Waals surface area contributed by atoms with Gasteiger partial charge >= 0.3 is 5.97 Å². The van der Waals surface area contributed by atoms with Gasteiger partial charge in [-0.15, -0.1) is 11.3 Å². The lowest BCUT2D eigenvalue weighted by Crippen LogP contribution is -2.34. The Labute approximate surface area is 136 Å². The number of thiocarbonyl (C=S) groups is 1. The molecule has 6 heteroatoms. The van der Waals surface area contributed by atoms with E-state index in [9.17, 15) is 4.79 Å². The molecule has 0 bridgehead atoms. The maximum absolute atomic E-state index is 12.2. The zero-order valence-electron chi connectivity index (χ0n) is 13.4. The Morgan fingerprint density at radius 3 is 2.48 bits per heavy atom. The standard InChI is InChI=1S/C15H24N2O2S2/c1-6-17(7-2)15(20)16-13-12(14(18)19-8-3)11(9-21-13)10(4)5/h9-10H,6-8H2,1-5H3,(H,16,20). The van der Waals surface area contributed by atoms with Crippen molar-refractivity contribution in [3.8, 4) is 0 Å². The minimum Gasteiger partial charge on any atom is -0.462 e. The minimum atomic E-state index is -0.285. The average Bonchev–Trinajstić information content (AvgIpc) is 2.84. The van der Waals surface area contributed by atoms with Crippen LogP contribution in [0.4, 0.5) is 5.00 Å². The van der Waals surface area contributed by atoms with Crippen molar-refractivity contribution in [1.29, 1.82) is 0 Å². The van der Waals surface area contributed by atoms with Crippen molar-refractivity contribution in [2.24, 2.45) is 0 Å². The van der Waals surface area contributed by atoms with Gasteiger partial charge in [0.1, 0.15) is 5.00 Å². The molecule has 0 spiro atoms. The number of carbonyl (C=O) groups excluding carboxylic acids is 1. The lowest BCUT2D eigenvalue weighted by molar-refractivity contribution is 0.0526. The predicted molar refractivity (Wildman–Crippen MR) is 93.5 cm³/mol. The Balaban J connectivity index is 3.07. The number of esters is 1. The molecule has 1 aromatic heterocycles. The van der Waals surface area contributed by atoms with Gasteiger partial charge in [-0.3, -0.25) is 0 Å². The van der Waals surface area contributed by atoms with Gasteiger partial charge in [0, 0.05) is 13.1 Å². The Kier molecular flexibility index (Phi) is 7.11. The number of anilines is 1. The van der Waals surface area contributed by atoms with E-state index in [2.05, 4.69) is 33.0 Å². The van der Waals surface area contributed by atoms with Crippen molar-refractivity contribution >= 4 is 39.6 Å². The van der Waals surface area contributed by atoms with Crippen LogP contribution in [0.25, 0.3) is 0 Å². The summed E-state index contributed by atoms with van der Waals surface area (Å²) in [6, 6.07) is 0. The molecule has 0 unspecified atom stereocenters. The molecular weight excluding hydrogens is 304 g/mol. The SMILES string of the molecule is CCOC(=O)c1c(C(C)C)csc1NC(=S)N(CC)CC. The summed E-state index contributed by atoms with van der Waals surface area (Å²) in [5.74, 6) is -0.0227.